The molecule has 2 rings (SSSR count). The minimum atomic E-state index is -0.709. The molecule has 118 valence electrons. The SMILES string of the molecule is CC(Oc1ccc(C#N)cc1)C(=O)N(C)Cc1ccccc1F. The second-order valence-corrected chi connectivity index (χ2v) is 5.18. The Bertz CT molecular complexity index is 723. The Kier molecular flexibility index (Phi) is 5.32. The molecule has 0 aliphatic heterocycles. The summed E-state index contributed by atoms with van der Waals surface area (Å²) in [6.07, 6.45) is -0.709. The molecular weight excluding hydrogens is 295 g/mol. The molecular formula is C18H17FN2O2. The number of nitriles is 1. The minimum absolute atomic E-state index is 0.173. The Labute approximate surface area is 134 Å². The molecule has 5 heteroatoms. The van der Waals surface area contributed by atoms with E-state index < -0.39 is 6.10 Å². The monoisotopic (exact) mass is 312 g/mol. The van der Waals surface area contributed by atoms with E-state index in [-0.39, 0.29) is 18.3 Å². The number of amides is 1. The van der Waals surface area contributed by atoms with Crippen LogP contribution in [0.2, 0.25) is 0 Å². The molecule has 0 spiro atoms. The van der Waals surface area contributed by atoms with E-state index in [0.29, 0.717) is 16.9 Å². The molecule has 0 heterocycles. The average molecular weight is 312 g/mol. The highest BCUT2D eigenvalue weighted by Gasteiger charge is 2.20. The summed E-state index contributed by atoms with van der Waals surface area (Å²) in [5.41, 5.74) is 0.974. The maximum Gasteiger partial charge on any atom is 0.263 e. The van der Waals surface area contributed by atoms with Crippen LogP contribution in [-0.2, 0) is 11.3 Å². The summed E-state index contributed by atoms with van der Waals surface area (Å²) >= 11 is 0. The van der Waals surface area contributed by atoms with Gasteiger partial charge in [-0.25, -0.2) is 4.39 Å². The van der Waals surface area contributed by atoms with Crippen LogP contribution in [0.1, 0.15) is 18.1 Å². The Morgan fingerprint density at radius 2 is 1.91 bits per heavy atom. The first kappa shape index (κ1) is 16.5. The molecule has 0 radical (unpaired) electrons. The fourth-order valence-electron chi connectivity index (χ4n) is 2.13. The first-order valence-electron chi connectivity index (χ1n) is 7.16. The van der Waals surface area contributed by atoms with Crippen molar-refractivity contribution < 1.29 is 13.9 Å². The van der Waals surface area contributed by atoms with Crippen LogP contribution in [0.15, 0.2) is 48.5 Å². The Balaban J connectivity index is 1.98. The van der Waals surface area contributed by atoms with Crippen molar-refractivity contribution in [1.29, 1.82) is 5.26 Å². The van der Waals surface area contributed by atoms with Crippen LogP contribution < -0.4 is 4.74 Å². The predicted molar refractivity (Wildman–Crippen MR) is 84.1 cm³/mol. The van der Waals surface area contributed by atoms with Crippen LogP contribution in [0.5, 0.6) is 5.75 Å². The van der Waals surface area contributed by atoms with Crippen LogP contribution in [0, 0.1) is 17.1 Å². The molecule has 4 nitrogen and oxygen atoms in total. The Morgan fingerprint density at radius 3 is 2.52 bits per heavy atom. The van der Waals surface area contributed by atoms with Gasteiger partial charge >= 0.3 is 0 Å². The molecule has 0 aliphatic rings. The van der Waals surface area contributed by atoms with Gasteiger partial charge in [0.1, 0.15) is 11.6 Å². The summed E-state index contributed by atoms with van der Waals surface area (Å²) in [4.78, 5) is 13.7. The van der Waals surface area contributed by atoms with Crippen molar-refractivity contribution in [1.82, 2.24) is 4.90 Å². The number of benzene rings is 2. The number of halogens is 1. The van der Waals surface area contributed by atoms with Gasteiger partial charge in [-0.05, 0) is 37.3 Å². The summed E-state index contributed by atoms with van der Waals surface area (Å²) in [6.45, 7) is 1.81. The van der Waals surface area contributed by atoms with Gasteiger partial charge in [0.2, 0.25) is 0 Å². The summed E-state index contributed by atoms with van der Waals surface area (Å²) in [5.74, 6) is -0.0884. The zero-order valence-corrected chi connectivity index (χ0v) is 13.0. The molecule has 23 heavy (non-hydrogen) atoms. The lowest BCUT2D eigenvalue weighted by molar-refractivity contribution is -0.137. The van der Waals surface area contributed by atoms with Gasteiger partial charge in [0.15, 0.2) is 6.10 Å². The van der Waals surface area contributed by atoms with Crippen molar-refractivity contribution in [3.63, 3.8) is 0 Å². The van der Waals surface area contributed by atoms with Gasteiger partial charge in [-0.3, -0.25) is 4.79 Å². The standard InChI is InChI=1S/C18H17FN2O2/c1-13(23-16-9-7-14(11-20)8-10-16)18(22)21(2)12-15-5-3-4-6-17(15)19/h3-10,13H,12H2,1-2H3. The highest BCUT2D eigenvalue weighted by atomic mass is 19.1. The number of ether oxygens (including phenoxy) is 1. The maximum atomic E-state index is 13.6. The number of likely N-dealkylation sites (N-methyl/N-ethyl adjacent to an activating group) is 1. The third-order valence-corrected chi connectivity index (χ3v) is 3.39. The van der Waals surface area contributed by atoms with Gasteiger partial charge < -0.3 is 9.64 Å². The molecule has 0 N–H and O–H groups in total. The zero-order chi connectivity index (χ0) is 16.8. The van der Waals surface area contributed by atoms with Gasteiger partial charge in [0.25, 0.3) is 5.91 Å². The maximum absolute atomic E-state index is 13.6. The topological polar surface area (TPSA) is 53.3 Å². The van der Waals surface area contributed by atoms with Gasteiger partial charge in [-0.2, -0.15) is 5.26 Å². The molecule has 1 atom stereocenters. The fraction of sp³-hybridized carbons (Fsp3) is 0.222. The van der Waals surface area contributed by atoms with E-state index in [9.17, 15) is 9.18 Å². The van der Waals surface area contributed by atoms with Crippen LogP contribution in [-0.4, -0.2) is 24.0 Å². The number of nitrogens with zero attached hydrogens (tertiary/aromatic N) is 2. The van der Waals surface area contributed by atoms with Gasteiger partial charge in [-0.1, -0.05) is 18.2 Å². The smallest absolute Gasteiger partial charge is 0.263 e. The van der Waals surface area contributed by atoms with Gasteiger partial charge in [0.05, 0.1) is 11.6 Å². The number of carbonyl (C=O) groups excluding carboxylic acids is 1. The number of hydrogen-bond donors (Lipinski definition) is 0. The molecule has 0 saturated heterocycles. The van der Waals surface area contributed by atoms with E-state index >= 15 is 0 Å². The van der Waals surface area contributed by atoms with Crippen molar-refractivity contribution in [2.24, 2.45) is 0 Å². The highest BCUT2D eigenvalue weighted by Crippen LogP contribution is 2.15. The molecule has 0 fully saturated rings. The van der Waals surface area contributed by atoms with Crippen molar-refractivity contribution in [3.05, 3.63) is 65.5 Å². The molecule has 2 aromatic rings. The van der Waals surface area contributed by atoms with E-state index in [2.05, 4.69) is 0 Å². The second kappa shape index (κ2) is 7.41. The molecule has 2 aromatic carbocycles. The van der Waals surface area contributed by atoms with Crippen molar-refractivity contribution in [3.8, 4) is 11.8 Å². The fourth-order valence-corrected chi connectivity index (χ4v) is 2.13. The summed E-state index contributed by atoms with van der Waals surface area (Å²) < 4.78 is 19.2. The number of rotatable bonds is 5. The molecule has 0 aliphatic carbocycles. The summed E-state index contributed by atoms with van der Waals surface area (Å²) in [5, 5.41) is 8.75. The van der Waals surface area contributed by atoms with Crippen molar-refractivity contribution in [2.75, 3.05) is 7.05 Å². The normalized spacial score (nSPS) is 11.4. The Hall–Kier alpha value is -2.87. The molecule has 1 amide bonds. The highest BCUT2D eigenvalue weighted by molar-refractivity contribution is 5.80. The van der Waals surface area contributed by atoms with Crippen LogP contribution in [0.25, 0.3) is 0 Å². The van der Waals surface area contributed by atoms with Crippen LogP contribution >= 0.6 is 0 Å². The van der Waals surface area contributed by atoms with Gasteiger partial charge in [-0.15, -0.1) is 0 Å². The number of hydrogen-bond acceptors (Lipinski definition) is 3. The quantitative estimate of drug-likeness (QED) is 0.852. The van der Waals surface area contributed by atoms with Crippen molar-refractivity contribution >= 4 is 5.91 Å². The third kappa shape index (κ3) is 4.30. The summed E-state index contributed by atoms with van der Waals surface area (Å²) in [7, 11) is 1.60. The molecule has 0 saturated carbocycles. The largest absolute Gasteiger partial charge is 0.481 e. The lowest BCUT2D eigenvalue weighted by atomic mass is 10.2. The minimum Gasteiger partial charge on any atom is -0.481 e. The van der Waals surface area contributed by atoms with Gasteiger partial charge in [0, 0.05) is 19.2 Å². The molecule has 0 bridgehead atoms. The van der Waals surface area contributed by atoms with E-state index in [1.165, 1.54) is 11.0 Å². The van der Waals surface area contributed by atoms with Crippen LogP contribution in [0.3, 0.4) is 0 Å². The predicted octanol–water partition coefficient (Wildman–Crippen LogP) is 3.12. The van der Waals surface area contributed by atoms with E-state index in [0.717, 1.165) is 0 Å². The Morgan fingerprint density at radius 1 is 1.26 bits per heavy atom. The second-order valence-electron chi connectivity index (χ2n) is 5.18. The van der Waals surface area contributed by atoms with E-state index in [1.54, 1.807) is 56.4 Å². The van der Waals surface area contributed by atoms with E-state index in [1.807, 2.05) is 6.07 Å². The lowest BCUT2D eigenvalue weighted by Crippen LogP contribution is -2.37. The third-order valence-electron chi connectivity index (χ3n) is 3.39. The number of carbonyl (C=O) groups is 1. The summed E-state index contributed by atoms with van der Waals surface area (Å²) in [6, 6.07) is 14.9. The average Bonchev–Trinajstić information content (AvgIpc) is 2.56. The molecule has 0 aromatic heterocycles. The zero-order valence-electron chi connectivity index (χ0n) is 13.0. The first-order valence-corrected chi connectivity index (χ1v) is 7.16. The molecule has 1 unspecified atom stereocenters. The van der Waals surface area contributed by atoms with E-state index in [4.69, 9.17) is 10.00 Å². The van der Waals surface area contributed by atoms with Crippen LogP contribution in [0.4, 0.5) is 4.39 Å². The van der Waals surface area contributed by atoms with Crippen molar-refractivity contribution in [2.45, 2.75) is 19.6 Å². The lowest BCUT2D eigenvalue weighted by Gasteiger charge is -2.22. The first-order chi connectivity index (χ1) is 11.0.